The van der Waals surface area contributed by atoms with Crippen LogP contribution >= 0.6 is 0 Å². The van der Waals surface area contributed by atoms with Gasteiger partial charge in [-0.2, -0.15) is 0 Å². The first kappa shape index (κ1) is 42.6. The molecule has 0 aliphatic carbocycles. The molecule has 0 N–H and O–H groups in total. The van der Waals surface area contributed by atoms with Gasteiger partial charge in [-0.25, -0.2) is 9.97 Å². The summed E-state index contributed by atoms with van der Waals surface area (Å²) in [5.74, 6) is 0.645. The summed E-state index contributed by atoms with van der Waals surface area (Å²) in [6.07, 6.45) is 0. The summed E-state index contributed by atoms with van der Waals surface area (Å²) >= 11 is 0. The minimum absolute atomic E-state index is 0.645. The summed E-state index contributed by atoms with van der Waals surface area (Å²) in [5, 5.41) is 7.21. The molecule has 4 heterocycles. The van der Waals surface area contributed by atoms with E-state index in [0.717, 1.165) is 89.5 Å². The number of rotatable bonds is 8. The van der Waals surface area contributed by atoms with Crippen LogP contribution in [0.3, 0.4) is 0 Å². The molecule has 0 unspecified atom stereocenters. The third-order valence-electron chi connectivity index (χ3n) is 15.1. The van der Waals surface area contributed by atoms with Gasteiger partial charge in [-0.1, -0.05) is 218 Å². The lowest BCUT2D eigenvalue weighted by Crippen LogP contribution is -2.05. The van der Waals surface area contributed by atoms with Crippen LogP contribution in [0.15, 0.2) is 273 Å². The molecule has 15 aromatic rings. The predicted molar refractivity (Wildman–Crippen MR) is 312 cm³/mol. The lowest BCUT2D eigenvalue weighted by molar-refractivity contribution is 1.14. The van der Waals surface area contributed by atoms with Crippen molar-refractivity contribution in [2.24, 2.45) is 0 Å². The highest BCUT2D eigenvalue weighted by Gasteiger charge is 2.26. The molecule has 5 nitrogen and oxygen atoms in total. The van der Waals surface area contributed by atoms with Crippen LogP contribution in [0.25, 0.3) is 139 Å². The maximum atomic E-state index is 5.68. The summed E-state index contributed by atoms with van der Waals surface area (Å²) in [7, 11) is 0. The Morgan fingerprint density at radius 2 is 0.640 bits per heavy atom. The van der Waals surface area contributed by atoms with Crippen LogP contribution in [-0.4, -0.2) is 23.7 Å². The van der Waals surface area contributed by atoms with Gasteiger partial charge in [-0.3, -0.25) is 0 Å². The summed E-state index contributed by atoms with van der Waals surface area (Å²) in [4.78, 5) is 11.3. The number of hydrogen-bond donors (Lipinski definition) is 0. The summed E-state index contributed by atoms with van der Waals surface area (Å²) in [6, 6.07) is 98.2. The zero-order valence-electron chi connectivity index (χ0n) is 40.7. The highest BCUT2D eigenvalue weighted by Crippen LogP contribution is 2.46. The number of hydrogen-bond acceptors (Lipinski definition) is 2. The van der Waals surface area contributed by atoms with Crippen LogP contribution in [0.1, 0.15) is 0 Å². The molecule has 15 rings (SSSR count). The Morgan fingerprint density at radius 1 is 0.253 bits per heavy atom. The lowest BCUT2D eigenvalue weighted by atomic mass is 9.93. The van der Waals surface area contributed by atoms with E-state index < -0.39 is 0 Å². The third kappa shape index (κ3) is 6.72. The molecular weight excluding hydrogens is 911 g/mol. The Balaban J connectivity index is 1.06. The average molecular weight is 956 g/mol. The van der Waals surface area contributed by atoms with Crippen molar-refractivity contribution in [1.29, 1.82) is 0 Å². The van der Waals surface area contributed by atoms with E-state index in [-0.39, 0.29) is 0 Å². The van der Waals surface area contributed by atoms with E-state index in [2.05, 4.69) is 287 Å². The van der Waals surface area contributed by atoms with Gasteiger partial charge in [0.25, 0.3) is 0 Å². The Morgan fingerprint density at radius 3 is 1.23 bits per heavy atom. The molecule has 0 aliphatic heterocycles. The van der Waals surface area contributed by atoms with Crippen LogP contribution in [0.4, 0.5) is 0 Å². The zero-order chi connectivity index (χ0) is 49.4. The summed E-state index contributed by atoms with van der Waals surface area (Å²) in [6.45, 7) is 0. The van der Waals surface area contributed by atoms with Gasteiger partial charge in [0.05, 0.1) is 61.6 Å². The van der Waals surface area contributed by atoms with E-state index in [9.17, 15) is 0 Å². The van der Waals surface area contributed by atoms with Gasteiger partial charge in [0.1, 0.15) is 0 Å². The van der Waals surface area contributed by atoms with Gasteiger partial charge >= 0.3 is 0 Å². The zero-order valence-corrected chi connectivity index (χ0v) is 40.7. The first-order chi connectivity index (χ1) is 37.3. The summed E-state index contributed by atoms with van der Waals surface area (Å²) < 4.78 is 7.36. The van der Waals surface area contributed by atoms with E-state index in [1.54, 1.807) is 0 Å². The quantitative estimate of drug-likeness (QED) is 0.152. The van der Waals surface area contributed by atoms with Crippen molar-refractivity contribution in [3.05, 3.63) is 273 Å². The van der Waals surface area contributed by atoms with Crippen molar-refractivity contribution in [2.45, 2.75) is 0 Å². The van der Waals surface area contributed by atoms with Gasteiger partial charge in [0, 0.05) is 54.6 Å². The SMILES string of the molecule is c1ccc(-c2nc(-c3cccc(-c4ccccc4)c3-n3c4ccccc4c4ccccc43)cc(-c3c(-c4ccccc4)cccc3-n3c4ccccc4c4c(-n5c6ccccc6c6ccccc65)cccc43)n2)cc1. The van der Waals surface area contributed by atoms with Crippen LogP contribution in [-0.2, 0) is 0 Å². The van der Waals surface area contributed by atoms with E-state index in [1.165, 1.54) is 43.4 Å². The van der Waals surface area contributed by atoms with Crippen molar-refractivity contribution >= 4 is 65.4 Å². The highest BCUT2D eigenvalue weighted by atomic mass is 15.0. The first-order valence-corrected chi connectivity index (χ1v) is 25.6. The van der Waals surface area contributed by atoms with E-state index >= 15 is 0 Å². The first-order valence-electron chi connectivity index (χ1n) is 25.6. The molecule has 0 atom stereocenters. The van der Waals surface area contributed by atoms with Gasteiger partial charge < -0.3 is 13.7 Å². The standard InChI is InChI=1S/C70H45N5/c1-4-23-46(24-5-1)49-34-21-42-64(74-63-41-19-14-33-56(63)68-65(43-22-44-66(68)74)73-59-37-15-10-29-51(59)52-30-11-16-38-60(52)73)67(49)58-45-57(71-70(72-58)48-27-8-3-9-28-48)55-36-20-35-50(47-25-6-2-7-26-47)69(55)75-61-39-17-12-31-53(61)54-32-13-18-40-62(54)75/h1-45H. The minimum atomic E-state index is 0.645. The molecule has 4 aromatic heterocycles. The highest BCUT2D eigenvalue weighted by molar-refractivity contribution is 6.17. The van der Waals surface area contributed by atoms with Gasteiger partial charge in [0.15, 0.2) is 5.82 Å². The van der Waals surface area contributed by atoms with Crippen molar-refractivity contribution in [1.82, 2.24) is 23.7 Å². The fraction of sp³-hybridized carbons (Fsp3) is 0. The predicted octanol–water partition coefficient (Wildman–Crippen LogP) is 18.1. The van der Waals surface area contributed by atoms with Crippen LogP contribution in [0, 0.1) is 0 Å². The van der Waals surface area contributed by atoms with Gasteiger partial charge in [0.2, 0.25) is 0 Å². The second kappa shape index (κ2) is 17.3. The molecule has 0 spiro atoms. The molecule has 0 bridgehead atoms. The molecule has 75 heavy (non-hydrogen) atoms. The van der Waals surface area contributed by atoms with Crippen molar-refractivity contribution in [3.63, 3.8) is 0 Å². The number of nitrogens with zero attached hydrogens (tertiary/aromatic N) is 5. The normalized spacial score (nSPS) is 11.7. The second-order valence-electron chi connectivity index (χ2n) is 19.2. The molecule has 5 heteroatoms. The van der Waals surface area contributed by atoms with Crippen molar-refractivity contribution in [2.75, 3.05) is 0 Å². The van der Waals surface area contributed by atoms with Crippen molar-refractivity contribution in [3.8, 4) is 73.2 Å². The molecule has 0 amide bonds. The molecule has 350 valence electrons. The number of benzene rings is 11. The Bertz CT molecular complexity index is 4590. The van der Waals surface area contributed by atoms with Gasteiger partial charge in [-0.15, -0.1) is 0 Å². The number of fused-ring (bicyclic) bond motifs is 9. The van der Waals surface area contributed by atoms with Crippen LogP contribution < -0.4 is 0 Å². The smallest absolute Gasteiger partial charge is 0.160 e. The number of para-hydroxylation sites is 6. The average Bonchev–Trinajstić information content (AvgIpc) is 4.13. The second-order valence-corrected chi connectivity index (χ2v) is 19.2. The molecule has 0 aliphatic rings. The fourth-order valence-corrected chi connectivity index (χ4v) is 11.9. The molecule has 0 radical (unpaired) electrons. The largest absolute Gasteiger partial charge is 0.309 e. The molecule has 0 fully saturated rings. The van der Waals surface area contributed by atoms with E-state index in [4.69, 9.17) is 9.97 Å². The van der Waals surface area contributed by atoms with Crippen molar-refractivity contribution < 1.29 is 0 Å². The molecule has 0 saturated heterocycles. The topological polar surface area (TPSA) is 40.6 Å². The third-order valence-corrected chi connectivity index (χ3v) is 15.1. The lowest BCUT2D eigenvalue weighted by Gasteiger charge is -2.21. The molecular formula is C70H45N5. The molecule has 0 saturated carbocycles. The van der Waals surface area contributed by atoms with Crippen LogP contribution in [0.2, 0.25) is 0 Å². The Kier molecular flexibility index (Phi) is 9.82. The Hall–Kier alpha value is -10.1. The van der Waals surface area contributed by atoms with E-state index in [1.807, 2.05) is 0 Å². The Labute approximate surface area is 433 Å². The van der Waals surface area contributed by atoms with Crippen LogP contribution in [0.5, 0.6) is 0 Å². The summed E-state index contributed by atoms with van der Waals surface area (Å²) in [5.41, 5.74) is 19.0. The maximum Gasteiger partial charge on any atom is 0.160 e. The number of aromatic nitrogens is 5. The fourth-order valence-electron chi connectivity index (χ4n) is 11.9. The van der Waals surface area contributed by atoms with E-state index in [0.29, 0.717) is 5.82 Å². The molecule has 11 aromatic carbocycles. The monoisotopic (exact) mass is 955 g/mol. The van der Waals surface area contributed by atoms with Gasteiger partial charge in [-0.05, 0) is 71.3 Å². The minimum Gasteiger partial charge on any atom is -0.309 e. The maximum absolute atomic E-state index is 5.68.